The summed E-state index contributed by atoms with van der Waals surface area (Å²) >= 11 is 0. The molecule has 2 aromatic carbocycles. The van der Waals surface area contributed by atoms with Crippen LogP contribution in [0.1, 0.15) is 22.7 Å². The van der Waals surface area contributed by atoms with Crippen LogP contribution in [0.4, 0.5) is 0 Å². The molecule has 1 aliphatic heterocycles. The number of likely N-dealkylation sites (N-methyl/N-ethyl adjacent to an activating group) is 1. The lowest BCUT2D eigenvalue weighted by Crippen LogP contribution is -2.36. The van der Waals surface area contributed by atoms with E-state index < -0.39 is 0 Å². The van der Waals surface area contributed by atoms with Gasteiger partial charge in [-0.2, -0.15) is 0 Å². The molecule has 7 nitrogen and oxygen atoms in total. The number of fused-ring (bicyclic) bond motifs is 2. The van der Waals surface area contributed by atoms with Crippen molar-refractivity contribution in [3.05, 3.63) is 22.8 Å². The number of hydrogen-bond donors (Lipinski definition) is 1. The van der Waals surface area contributed by atoms with E-state index in [1.54, 1.807) is 41.6 Å². The van der Waals surface area contributed by atoms with Gasteiger partial charge in [-0.1, -0.05) is 0 Å². The first kappa shape index (κ1) is 19.5. The van der Waals surface area contributed by atoms with Crippen molar-refractivity contribution in [2.75, 3.05) is 49.1 Å². The van der Waals surface area contributed by atoms with Crippen LogP contribution in [0.25, 0.3) is 11.1 Å². The molecule has 1 atom stereocenters. The molecule has 1 heterocycles. The summed E-state index contributed by atoms with van der Waals surface area (Å²) < 4.78 is 28.6. The van der Waals surface area contributed by atoms with E-state index in [1.807, 2.05) is 0 Å². The zero-order chi connectivity index (χ0) is 20.9. The van der Waals surface area contributed by atoms with Crippen molar-refractivity contribution in [3.63, 3.8) is 0 Å². The van der Waals surface area contributed by atoms with E-state index in [0.29, 0.717) is 35.2 Å². The molecule has 0 bridgehead atoms. The monoisotopic (exact) mass is 401 g/mol. The fourth-order valence-electron chi connectivity index (χ4n) is 4.82. The van der Waals surface area contributed by atoms with Crippen molar-refractivity contribution in [2.45, 2.75) is 18.9 Å². The van der Waals surface area contributed by atoms with Gasteiger partial charge in [0.1, 0.15) is 5.75 Å². The number of rotatable bonds is 5. The van der Waals surface area contributed by atoms with Crippen LogP contribution in [-0.4, -0.2) is 59.1 Å². The van der Waals surface area contributed by atoms with Gasteiger partial charge < -0.3 is 28.8 Å². The third-order valence-electron chi connectivity index (χ3n) is 6.10. The van der Waals surface area contributed by atoms with Gasteiger partial charge in [-0.15, -0.1) is 0 Å². The molecular weight excluding hydrogens is 374 g/mol. The van der Waals surface area contributed by atoms with Gasteiger partial charge in [0.25, 0.3) is 0 Å². The van der Waals surface area contributed by atoms with Gasteiger partial charge >= 0.3 is 0 Å². The molecule has 7 heteroatoms. The predicted octanol–water partition coefficient (Wildman–Crippen LogP) is 3.19. The van der Waals surface area contributed by atoms with Crippen LogP contribution in [0.15, 0.2) is 6.07 Å². The van der Waals surface area contributed by atoms with E-state index >= 15 is 0 Å². The molecule has 2 aromatic rings. The summed E-state index contributed by atoms with van der Waals surface area (Å²) in [6, 6.07) is 1.69. The first-order valence-electron chi connectivity index (χ1n) is 9.54. The molecule has 1 aliphatic carbocycles. The van der Waals surface area contributed by atoms with Gasteiger partial charge in [0.15, 0.2) is 23.0 Å². The van der Waals surface area contributed by atoms with Crippen LogP contribution >= 0.6 is 0 Å². The molecule has 156 valence electrons. The summed E-state index contributed by atoms with van der Waals surface area (Å²) in [6.45, 7) is 0.881. The highest BCUT2D eigenvalue weighted by Crippen LogP contribution is 2.60. The molecule has 2 aliphatic rings. The first-order valence-corrected chi connectivity index (χ1v) is 9.54. The maximum absolute atomic E-state index is 10.8. The standard InChI is InChI=1S/C22H27NO6/c1-23-8-7-11-16-13(23)9-12-14(24)10-15(25-2)20(27-4)17(12)18(16)21(28-5)22(29-6)19(11)26-3/h10,13,24H,7-9H2,1-6H3/t13-/m0/s1. The summed E-state index contributed by atoms with van der Waals surface area (Å²) in [4.78, 5) is 2.30. The SMILES string of the molecule is COc1cc(O)c2c(c1OC)-c1c(OC)c(OC)c(OC)c3c1[C@H](C2)N(C)CC3. The number of nitrogens with zero attached hydrogens (tertiary/aromatic N) is 1. The van der Waals surface area contributed by atoms with Crippen molar-refractivity contribution in [2.24, 2.45) is 0 Å². The third kappa shape index (κ3) is 2.60. The summed E-state index contributed by atoms with van der Waals surface area (Å²) in [6.07, 6.45) is 1.48. The molecule has 0 amide bonds. The van der Waals surface area contributed by atoms with Crippen LogP contribution in [0.3, 0.4) is 0 Å². The largest absolute Gasteiger partial charge is 0.508 e. The number of phenols is 1. The lowest BCUT2D eigenvalue weighted by Gasteiger charge is -2.41. The average molecular weight is 401 g/mol. The molecule has 0 saturated heterocycles. The maximum atomic E-state index is 10.8. The molecule has 29 heavy (non-hydrogen) atoms. The Morgan fingerprint density at radius 2 is 1.48 bits per heavy atom. The van der Waals surface area contributed by atoms with Gasteiger partial charge in [-0.3, -0.25) is 4.90 Å². The summed E-state index contributed by atoms with van der Waals surface area (Å²) in [7, 11) is 10.1. The topological polar surface area (TPSA) is 69.6 Å². The van der Waals surface area contributed by atoms with Gasteiger partial charge in [-0.25, -0.2) is 0 Å². The fourth-order valence-corrected chi connectivity index (χ4v) is 4.82. The van der Waals surface area contributed by atoms with Crippen molar-refractivity contribution >= 4 is 0 Å². The Morgan fingerprint density at radius 1 is 0.828 bits per heavy atom. The lowest BCUT2D eigenvalue weighted by molar-refractivity contribution is 0.220. The highest BCUT2D eigenvalue weighted by atomic mass is 16.5. The van der Waals surface area contributed by atoms with Crippen molar-refractivity contribution in [1.29, 1.82) is 0 Å². The zero-order valence-electron chi connectivity index (χ0n) is 17.7. The summed E-state index contributed by atoms with van der Waals surface area (Å²) in [5.74, 6) is 3.03. The minimum atomic E-state index is 0.0824. The van der Waals surface area contributed by atoms with Crippen molar-refractivity contribution < 1.29 is 28.8 Å². The van der Waals surface area contributed by atoms with Gasteiger partial charge in [0.05, 0.1) is 35.5 Å². The molecule has 0 radical (unpaired) electrons. The normalized spacial score (nSPS) is 17.2. The second-order valence-corrected chi connectivity index (χ2v) is 7.30. The average Bonchev–Trinajstić information content (AvgIpc) is 2.74. The molecular formula is C22H27NO6. The molecule has 0 saturated carbocycles. The highest BCUT2D eigenvalue weighted by molar-refractivity contribution is 5.91. The minimum absolute atomic E-state index is 0.0824. The van der Waals surface area contributed by atoms with Crippen molar-refractivity contribution in [1.82, 2.24) is 4.90 Å². The molecule has 4 rings (SSSR count). The van der Waals surface area contributed by atoms with Crippen LogP contribution in [0.2, 0.25) is 0 Å². The van der Waals surface area contributed by atoms with E-state index in [1.165, 1.54) is 0 Å². The zero-order valence-corrected chi connectivity index (χ0v) is 17.7. The molecule has 0 fully saturated rings. The Balaban J connectivity index is 2.21. The van der Waals surface area contributed by atoms with E-state index in [9.17, 15) is 5.11 Å². The molecule has 0 unspecified atom stereocenters. The van der Waals surface area contributed by atoms with Gasteiger partial charge in [0.2, 0.25) is 5.75 Å². The smallest absolute Gasteiger partial charge is 0.204 e. The Morgan fingerprint density at radius 3 is 2.07 bits per heavy atom. The second-order valence-electron chi connectivity index (χ2n) is 7.30. The predicted molar refractivity (Wildman–Crippen MR) is 109 cm³/mol. The van der Waals surface area contributed by atoms with Crippen LogP contribution < -0.4 is 23.7 Å². The maximum Gasteiger partial charge on any atom is 0.204 e. The van der Waals surface area contributed by atoms with Crippen LogP contribution in [0.5, 0.6) is 34.5 Å². The lowest BCUT2D eigenvalue weighted by atomic mass is 9.75. The molecule has 0 aromatic heterocycles. The first-order chi connectivity index (χ1) is 14.0. The van der Waals surface area contributed by atoms with Crippen molar-refractivity contribution in [3.8, 4) is 45.6 Å². The second kappa shape index (κ2) is 7.22. The Labute approximate surface area is 170 Å². The number of ether oxygens (including phenoxy) is 5. The Bertz CT molecular complexity index is 971. The minimum Gasteiger partial charge on any atom is -0.508 e. The number of methoxy groups -OCH3 is 5. The highest BCUT2D eigenvalue weighted by Gasteiger charge is 2.41. The van der Waals surface area contributed by atoms with Gasteiger partial charge in [-0.05, 0) is 25.5 Å². The quantitative estimate of drug-likeness (QED) is 0.825. The molecule has 1 N–H and O–H groups in total. The van der Waals surface area contributed by atoms with Crippen LogP contribution in [0, 0.1) is 0 Å². The van der Waals surface area contributed by atoms with E-state index in [2.05, 4.69) is 11.9 Å². The van der Waals surface area contributed by atoms with Gasteiger partial charge in [0, 0.05) is 40.9 Å². The number of phenolic OH excluding ortho intramolecular Hbond substituents is 1. The van der Waals surface area contributed by atoms with E-state index in [0.717, 1.165) is 40.8 Å². The van der Waals surface area contributed by atoms with E-state index in [-0.39, 0.29) is 11.8 Å². The fraction of sp³-hybridized carbons (Fsp3) is 0.455. The Hall–Kier alpha value is -2.80. The Kier molecular flexibility index (Phi) is 4.86. The third-order valence-corrected chi connectivity index (χ3v) is 6.10. The number of aromatic hydroxyl groups is 1. The molecule has 0 spiro atoms. The summed E-state index contributed by atoms with van der Waals surface area (Å²) in [5, 5.41) is 10.8. The van der Waals surface area contributed by atoms with Crippen LogP contribution in [-0.2, 0) is 12.8 Å². The number of hydrogen-bond acceptors (Lipinski definition) is 7. The van der Waals surface area contributed by atoms with E-state index in [4.69, 9.17) is 23.7 Å². The summed E-state index contributed by atoms with van der Waals surface area (Å²) in [5.41, 5.74) is 4.70. The number of benzene rings is 2.